The molecule has 0 aliphatic heterocycles. The van der Waals surface area contributed by atoms with Gasteiger partial charge in [-0.25, -0.2) is 8.37 Å². The van der Waals surface area contributed by atoms with Gasteiger partial charge in [0, 0.05) is 0 Å². The maximum absolute atomic E-state index is 9.99. The van der Waals surface area contributed by atoms with E-state index >= 15 is 0 Å². The molecule has 0 amide bonds. The van der Waals surface area contributed by atoms with E-state index in [9.17, 15) is 16.8 Å². The van der Waals surface area contributed by atoms with E-state index in [1.165, 1.54) is 0 Å². The van der Waals surface area contributed by atoms with Gasteiger partial charge in [-0.15, -0.1) is 0 Å². The van der Waals surface area contributed by atoms with Crippen molar-refractivity contribution in [2.45, 2.75) is 12.8 Å². The van der Waals surface area contributed by atoms with E-state index in [1.54, 1.807) is 0 Å². The zero-order valence-corrected chi connectivity index (χ0v) is 10.9. The molecule has 0 rings (SSSR count). The van der Waals surface area contributed by atoms with E-state index in [0.717, 1.165) is 0 Å². The van der Waals surface area contributed by atoms with Crippen molar-refractivity contribution in [1.82, 2.24) is 0 Å². The number of rotatable bonds is 8. The molecule has 0 aromatic heterocycles. The number of hydrogen-bond acceptors (Lipinski definition) is 8. The van der Waals surface area contributed by atoms with Gasteiger partial charge in [0.05, 0.1) is 26.4 Å². The molecule has 112 valence electrons. The molecule has 0 aliphatic rings. The summed E-state index contributed by atoms with van der Waals surface area (Å²) in [6, 6.07) is 0. The lowest BCUT2D eigenvalue weighted by Crippen LogP contribution is -2.08. The molecule has 4 N–H and O–H groups in total. The summed E-state index contributed by atoms with van der Waals surface area (Å²) in [5, 5.41) is 15.2. The van der Waals surface area contributed by atoms with Crippen LogP contribution in [0.5, 0.6) is 0 Å². The second-order valence-electron chi connectivity index (χ2n) is 2.65. The Morgan fingerprint density at radius 3 is 1.17 bits per heavy atom. The SMILES string of the molecule is O=S(=O)(O)OCCCCOS(=O)(=O)O.OCCO. The first kappa shape index (κ1) is 20.0. The van der Waals surface area contributed by atoms with Gasteiger partial charge in [0.1, 0.15) is 0 Å². The van der Waals surface area contributed by atoms with Gasteiger partial charge in [-0.3, -0.25) is 9.11 Å². The van der Waals surface area contributed by atoms with Crippen LogP contribution in [0.1, 0.15) is 12.8 Å². The lowest BCUT2D eigenvalue weighted by molar-refractivity contribution is 0.186. The van der Waals surface area contributed by atoms with Crippen molar-refractivity contribution in [2.24, 2.45) is 0 Å². The van der Waals surface area contributed by atoms with Crippen LogP contribution >= 0.6 is 0 Å². The van der Waals surface area contributed by atoms with E-state index in [4.69, 9.17) is 19.3 Å². The monoisotopic (exact) mass is 312 g/mol. The summed E-state index contributed by atoms with van der Waals surface area (Å²) < 4.78 is 64.0. The van der Waals surface area contributed by atoms with Gasteiger partial charge in [0.2, 0.25) is 0 Å². The summed E-state index contributed by atoms with van der Waals surface area (Å²) in [7, 11) is -8.90. The molecule has 0 fully saturated rings. The Morgan fingerprint density at radius 1 is 0.722 bits per heavy atom. The van der Waals surface area contributed by atoms with E-state index in [0.29, 0.717) is 0 Å². The van der Waals surface area contributed by atoms with Crippen LogP contribution in [0, 0.1) is 0 Å². The smallest absolute Gasteiger partial charge is 0.394 e. The molecule has 18 heavy (non-hydrogen) atoms. The van der Waals surface area contributed by atoms with Crippen LogP contribution in [0.25, 0.3) is 0 Å². The fourth-order valence-electron chi connectivity index (χ4n) is 0.533. The van der Waals surface area contributed by atoms with Gasteiger partial charge in [0.25, 0.3) is 0 Å². The van der Waals surface area contributed by atoms with E-state index in [2.05, 4.69) is 8.37 Å². The molecule has 12 heteroatoms. The van der Waals surface area contributed by atoms with Crippen LogP contribution in [-0.2, 0) is 29.2 Å². The maximum atomic E-state index is 9.99. The van der Waals surface area contributed by atoms with E-state index in [1.807, 2.05) is 0 Å². The van der Waals surface area contributed by atoms with Crippen LogP contribution in [0.3, 0.4) is 0 Å². The molecule has 0 aromatic rings. The van der Waals surface area contributed by atoms with E-state index in [-0.39, 0.29) is 39.3 Å². The van der Waals surface area contributed by atoms with E-state index < -0.39 is 20.8 Å². The van der Waals surface area contributed by atoms with Gasteiger partial charge in [-0.1, -0.05) is 0 Å². The molecule has 0 heterocycles. The molecule has 0 spiro atoms. The van der Waals surface area contributed by atoms with Crippen molar-refractivity contribution in [3.05, 3.63) is 0 Å². The summed E-state index contributed by atoms with van der Waals surface area (Å²) in [4.78, 5) is 0. The molecule has 10 nitrogen and oxygen atoms in total. The minimum absolute atomic E-state index is 0.125. The van der Waals surface area contributed by atoms with Crippen molar-refractivity contribution in [3.63, 3.8) is 0 Å². The minimum Gasteiger partial charge on any atom is -0.394 e. The van der Waals surface area contributed by atoms with Crippen LogP contribution in [-0.4, -0.2) is 62.6 Å². The second kappa shape index (κ2) is 10.6. The third kappa shape index (κ3) is 24.8. The Hall–Kier alpha value is -0.340. The highest BCUT2D eigenvalue weighted by Crippen LogP contribution is 1.96. The number of unbranched alkanes of at least 4 members (excludes halogenated alkanes) is 1. The van der Waals surface area contributed by atoms with Crippen LogP contribution in [0.4, 0.5) is 0 Å². The lowest BCUT2D eigenvalue weighted by Gasteiger charge is -2.00. The van der Waals surface area contributed by atoms with Gasteiger partial charge < -0.3 is 10.2 Å². The lowest BCUT2D eigenvalue weighted by atomic mass is 10.3. The minimum atomic E-state index is -4.45. The highest BCUT2D eigenvalue weighted by molar-refractivity contribution is 7.81. The Balaban J connectivity index is 0. The van der Waals surface area contributed by atoms with Gasteiger partial charge >= 0.3 is 20.8 Å². The van der Waals surface area contributed by atoms with Crippen molar-refractivity contribution in [3.8, 4) is 0 Å². The van der Waals surface area contributed by atoms with Crippen LogP contribution in [0.15, 0.2) is 0 Å². The Morgan fingerprint density at radius 2 is 1.00 bits per heavy atom. The molecule has 0 saturated carbocycles. The summed E-state index contributed by atoms with van der Waals surface area (Å²) in [5.74, 6) is 0. The standard InChI is InChI=1S/C4H10O8S2.C2H6O2/c5-13(6,7)11-3-1-2-4-12-14(8,9)10;3-1-2-4/h1-4H2,(H,5,6,7)(H,8,9,10);3-4H,1-2H2. The third-order valence-electron chi connectivity index (χ3n) is 1.10. The van der Waals surface area contributed by atoms with Gasteiger partial charge in [0.15, 0.2) is 0 Å². The summed E-state index contributed by atoms with van der Waals surface area (Å²) in [5.41, 5.74) is 0. The highest BCUT2D eigenvalue weighted by atomic mass is 32.3. The zero-order chi connectivity index (χ0) is 14.7. The van der Waals surface area contributed by atoms with Crippen LogP contribution < -0.4 is 0 Å². The molecule has 0 aromatic carbocycles. The molecular weight excluding hydrogens is 296 g/mol. The quantitative estimate of drug-likeness (QED) is 0.302. The summed E-state index contributed by atoms with van der Waals surface area (Å²) in [6.45, 7) is -0.818. The average Bonchev–Trinajstić information content (AvgIpc) is 2.20. The maximum Gasteiger partial charge on any atom is 0.397 e. The van der Waals surface area contributed by atoms with Crippen molar-refractivity contribution >= 4 is 20.8 Å². The van der Waals surface area contributed by atoms with Crippen molar-refractivity contribution in [2.75, 3.05) is 26.4 Å². The van der Waals surface area contributed by atoms with Crippen molar-refractivity contribution < 1.29 is 44.5 Å². The topological polar surface area (TPSA) is 168 Å². The van der Waals surface area contributed by atoms with Crippen LogP contribution in [0.2, 0.25) is 0 Å². The fourth-order valence-corrected chi connectivity index (χ4v) is 1.19. The summed E-state index contributed by atoms with van der Waals surface area (Å²) in [6.07, 6.45) is 0.324. The fraction of sp³-hybridized carbons (Fsp3) is 1.00. The Kier molecular flexibility index (Phi) is 11.7. The predicted octanol–water partition coefficient (Wildman–Crippen LogP) is -1.62. The number of aliphatic hydroxyl groups excluding tert-OH is 2. The molecule has 0 saturated heterocycles. The first-order chi connectivity index (χ1) is 8.12. The highest BCUT2D eigenvalue weighted by Gasteiger charge is 2.05. The molecular formula is C6H16O10S2. The first-order valence-electron chi connectivity index (χ1n) is 4.57. The molecule has 0 unspecified atom stereocenters. The first-order valence-corrected chi connectivity index (χ1v) is 7.31. The molecule has 0 atom stereocenters. The average molecular weight is 312 g/mol. The summed E-state index contributed by atoms with van der Waals surface area (Å²) >= 11 is 0. The van der Waals surface area contributed by atoms with Crippen molar-refractivity contribution in [1.29, 1.82) is 0 Å². The van der Waals surface area contributed by atoms with Gasteiger partial charge in [-0.05, 0) is 12.8 Å². The molecule has 0 aliphatic carbocycles. The molecule has 0 radical (unpaired) electrons. The number of aliphatic hydroxyl groups is 2. The van der Waals surface area contributed by atoms with Gasteiger partial charge in [-0.2, -0.15) is 16.8 Å². The Bertz CT molecular complexity index is 333. The second-order valence-corrected chi connectivity index (χ2v) is 4.84. The number of hydrogen-bond donors (Lipinski definition) is 4. The third-order valence-corrected chi connectivity index (χ3v) is 2.03. The largest absolute Gasteiger partial charge is 0.397 e. The normalized spacial score (nSPS) is 11.8. The predicted molar refractivity (Wildman–Crippen MR) is 58.4 cm³/mol. The molecule has 0 bridgehead atoms. The zero-order valence-electron chi connectivity index (χ0n) is 9.30. The Labute approximate surface area is 105 Å².